The third kappa shape index (κ3) is 4.52. The van der Waals surface area contributed by atoms with Gasteiger partial charge in [-0.25, -0.2) is 4.79 Å². The minimum absolute atomic E-state index is 0.0658. The Hall–Kier alpha value is -3.18. The summed E-state index contributed by atoms with van der Waals surface area (Å²) in [4.78, 5) is 20.1. The van der Waals surface area contributed by atoms with Crippen LogP contribution in [0.1, 0.15) is 95.7 Å². The molecule has 0 radical (unpaired) electrons. The number of hydrogen-bond acceptors (Lipinski definition) is 6. The number of carbonyl (C=O) groups is 1. The van der Waals surface area contributed by atoms with Crippen LogP contribution in [0.25, 0.3) is 11.3 Å². The second-order valence-electron chi connectivity index (χ2n) is 11.5. The van der Waals surface area contributed by atoms with Crippen molar-refractivity contribution in [3.63, 3.8) is 0 Å². The van der Waals surface area contributed by atoms with E-state index in [1.54, 1.807) is 24.7 Å². The largest absolute Gasteiger partial charge is 0.478 e. The molecule has 7 nitrogen and oxygen atoms in total. The first kappa shape index (κ1) is 25.8. The Morgan fingerprint density at radius 2 is 1.82 bits per heavy atom. The van der Waals surface area contributed by atoms with Gasteiger partial charge >= 0.3 is 5.97 Å². The molecule has 0 spiro atoms. The number of pyridine rings is 1. The Labute approximate surface area is 241 Å². The summed E-state index contributed by atoms with van der Waals surface area (Å²) in [6.45, 7) is 0.902. The molecule has 0 saturated heterocycles. The van der Waals surface area contributed by atoms with Gasteiger partial charge in [-0.2, -0.15) is 0 Å². The van der Waals surface area contributed by atoms with Crippen LogP contribution in [0.5, 0.6) is 0 Å². The summed E-state index contributed by atoms with van der Waals surface area (Å²) < 4.78 is 12.5. The number of aromatic carboxylic acids is 1. The zero-order valence-electron chi connectivity index (χ0n) is 21.8. The summed E-state index contributed by atoms with van der Waals surface area (Å²) in [5, 5.41) is 14.9. The molecule has 1 aliphatic heterocycles. The summed E-state index contributed by atoms with van der Waals surface area (Å²) in [7, 11) is 0. The second kappa shape index (κ2) is 9.73. The Kier molecular flexibility index (Phi) is 6.27. The molecule has 1 aromatic carbocycles. The van der Waals surface area contributed by atoms with E-state index in [0.717, 1.165) is 73.8 Å². The third-order valence-corrected chi connectivity index (χ3v) is 9.58. The monoisotopic (exact) mass is 575 g/mol. The fourth-order valence-electron chi connectivity index (χ4n) is 6.43. The number of benzene rings is 1. The van der Waals surface area contributed by atoms with Crippen LogP contribution in [-0.2, 0) is 17.9 Å². The lowest BCUT2D eigenvalue weighted by molar-refractivity contribution is -0.131. The smallest absolute Gasteiger partial charge is 0.336 e. The van der Waals surface area contributed by atoms with E-state index in [0.29, 0.717) is 45.9 Å². The van der Waals surface area contributed by atoms with Crippen LogP contribution in [0, 0.1) is 17.3 Å². The normalized spacial score (nSPS) is 24.6. The van der Waals surface area contributed by atoms with E-state index in [1.165, 1.54) is 0 Å². The van der Waals surface area contributed by atoms with Crippen molar-refractivity contribution in [2.75, 3.05) is 0 Å². The van der Waals surface area contributed by atoms with Crippen LogP contribution in [0.3, 0.4) is 0 Å². The van der Waals surface area contributed by atoms with Crippen LogP contribution in [0.2, 0.25) is 10.0 Å². The molecule has 3 heterocycles. The van der Waals surface area contributed by atoms with Gasteiger partial charge in [0.05, 0.1) is 34.4 Å². The quantitative estimate of drug-likeness (QED) is 0.312. The number of aromatic nitrogens is 2. The standard InChI is InChI=1S/C31H27Cl2N3O4/c32-24-15-35-16-25(33)26(24)27-23(28(40-36-27)19-1-2-19)17-39-31-8-5-30(6-9-31,7-10-31)4-3-18-11-20-13-34-14-22(20)21(12-18)29(37)38/h11-12,14-16,19H,1-2,5-10,13,17H2,(H,37,38). The molecule has 9 heteroatoms. The van der Waals surface area contributed by atoms with Gasteiger partial charge < -0.3 is 14.4 Å². The van der Waals surface area contributed by atoms with Crippen molar-refractivity contribution in [2.45, 2.75) is 76.0 Å². The summed E-state index contributed by atoms with van der Waals surface area (Å²) >= 11 is 12.9. The lowest BCUT2D eigenvalue weighted by Crippen LogP contribution is -2.47. The highest BCUT2D eigenvalue weighted by Crippen LogP contribution is 2.54. The topological polar surface area (TPSA) is 97.8 Å². The van der Waals surface area contributed by atoms with Gasteiger partial charge in [-0.15, -0.1) is 0 Å². The number of halogens is 2. The molecular formula is C31H27Cl2N3O4. The average molecular weight is 576 g/mol. The van der Waals surface area contributed by atoms with Gasteiger partial charge in [0.2, 0.25) is 0 Å². The lowest BCUT2D eigenvalue weighted by Gasteiger charge is -2.51. The van der Waals surface area contributed by atoms with Gasteiger partial charge in [-0.05, 0) is 69.1 Å². The van der Waals surface area contributed by atoms with Gasteiger partial charge in [-0.3, -0.25) is 9.98 Å². The molecule has 8 rings (SSSR count). The molecule has 0 unspecified atom stereocenters. The lowest BCUT2D eigenvalue weighted by atomic mass is 9.59. The number of aliphatic imine (C=N–C) groups is 1. The Balaban J connectivity index is 1.09. The summed E-state index contributed by atoms with van der Waals surface area (Å²) in [5.41, 5.74) is 4.58. The highest BCUT2D eigenvalue weighted by atomic mass is 35.5. The number of nitrogens with zero attached hydrogens (tertiary/aromatic N) is 3. The van der Waals surface area contributed by atoms with E-state index in [1.807, 2.05) is 6.07 Å². The molecule has 2 aromatic heterocycles. The number of fused-ring (bicyclic) bond motifs is 4. The fourth-order valence-corrected chi connectivity index (χ4v) is 6.97. The van der Waals surface area contributed by atoms with Crippen molar-refractivity contribution < 1.29 is 19.2 Å². The van der Waals surface area contributed by atoms with Crippen LogP contribution in [0.4, 0.5) is 0 Å². The van der Waals surface area contributed by atoms with E-state index in [2.05, 4.69) is 27.0 Å². The number of hydrogen-bond donors (Lipinski definition) is 1. The highest BCUT2D eigenvalue weighted by molar-refractivity contribution is 6.38. The Morgan fingerprint density at radius 1 is 1.10 bits per heavy atom. The molecule has 5 aliphatic rings. The van der Waals surface area contributed by atoms with E-state index < -0.39 is 5.97 Å². The van der Waals surface area contributed by atoms with Gasteiger partial charge in [-0.1, -0.05) is 40.2 Å². The van der Waals surface area contributed by atoms with Gasteiger partial charge in [0.15, 0.2) is 0 Å². The maximum absolute atomic E-state index is 11.8. The highest BCUT2D eigenvalue weighted by Gasteiger charge is 2.49. The van der Waals surface area contributed by atoms with Crippen molar-refractivity contribution in [1.29, 1.82) is 0 Å². The first-order valence-electron chi connectivity index (χ1n) is 13.7. The van der Waals surface area contributed by atoms with Crippen molar-refractivity contribution in [2.24, 2.45) is 10.4 Å². The molecule has 0 atom stereocenters. The summed E-state index contributed by atoms with van der Waals surface area (Å²) in [5.74, 6) is 7.18. The van der Waals surface area contributed by atoms with E-state index in [4.69, 9.17) is 32.5 Å². The number of carboxylic acid groups (broad SMARTS) is 1. The summed E-state index contributed by atoms with van der Waals surface area (Å²) in [6, 6.07) is 3.66. The van der Waals surface area contributed by atoms with E-state index in [-0.39, 0.29) is 16.6 Å². The van der Waals surface area contributed by atoms with E-state index >= 15 is 0 Å². The molecule has 4 saturated carbocycles. The number of carboxylic acids is 1. The van der Waals surface area contributed by atoms with Crippen molar-refractivity contribution in [1.82, 2.24) is 10.1 Å². The zero-order valence-corrected chi connectivity index (χ0v) is 23.3. The first-order chi connectivity index (χ1) is 19.4. The van der Waals surface area contributed by atoms with Crippen LogP contribution >= 0.6 is 23.2 Å². The molecular weight excluding hydrogens is 549 g/mol. The van der Waals surface area contributed by atoms with Crippen molar-refractivity contribution in [3.8, 4) is 23.1 Å². The number of ether oxygens (including phenoxy) is 1. The van der Waals surface area contributed by atoms with Crippen LogP contribution < -0.4 is 0 Å². The van der Waals surface area contributed by atoms with Crippen molar-refractivity contribution in [3.05, 3.63) is 68.1 Å². The fraction of sp³-hybridized carbons (Fsp3) is 0.419. The Morgan fingerprint density at radius 3 is 2.50 bits per heavy atom. The molecule has 0 amide bonds. The molecule has 4 aliphatic carbocycles. The van der Waals surface area contributed by atoms with E-state index in [9.17, 15) is 9.90 Å². The maximum atomic E-state index is 11.8. The average Bonchev–Trinajstić information content (AvgIpc) is 3.54. The van der Waals surface area contributed by atoms with Crippen LogP contribution in [-0.4, -0.2) is 33.0 Å². The van der Waals surface area contributed by atoms with Gasteiger partial charge in [0, 0.05) is 52.2 Å². The van der Waals surface area contributed by atoms with Gasteiger partial charge in [0.1, 0.15) is 11.5 Å². The maximum Gasteiger partial charge on any atom is 0.336 e. The second-order valence-corrected chi connectivity index (χ2v) is 12.3. The minimum atomic E-state index is -0.946. The molecule has 40 heavy (non-hydrogen) atoms. The van der Waals surface area contributed by atoms with Crippen molar-refractivity contribution >= 4 is 35.4 Å². The minimum Gasteiger partial charge on any atom is -0.478 e. The predicted molar refractivity (Wildman–Crippen MR) is 151 cm³/mol. The number of rotatable bonds is 6. The zero-order chi connectivity index (χ0) is 27.5. The SMILES string of the molecule is O=C(O)c1cc(C#CC23CCC(OCc4c(-c5c(Cl)cncc5Cl)noc4C4CC4)(CC2)CC3)cc2c1C=NC2. The molecule has 204 valence electrons. The third-order valence-electron chi connectivity index (χ3n) is 9.01. The first-order valence-corrected chi connectivity index (χ1v) is 14.5. The van der Waals surface area contributed by atoms with Gasteiger partial charge in [0.25, 0.3) is 0 Å². The molecule has 1 N–H and O–H groups in total. The molecule has 3 aromatic rings. The molecule has 4 fully saturated rings. The summed E-state index contributed by atoms with van der Waals surface area (Å²) in [6.07, 6.45) is 12.6. The Bertz CT molecular complexity index is 1580. The molecule has 2 bridgehead atoms. The van der Waals surface area contributed by atoms with Crippen LogP contribution in [0.15, 0.2) is 34.0 Å². The predicted octanol–water partition coefficient (Wildman–Crippen LogP) is 7.21.